The van der Waals surface area contributed by atoms with Gasteiger partial charge in [0.05, 0.1) is 35.0 Å². The van der Waals surface area contributed by atoms with Gasteiger partial charge in [0, 0.05) is 22.8 Å². The fraction of sp³-hybridized carbons (Fsp3) is 0.217. The van der Waals surface area contributed by atoms with Crippen molar-refractivity contribution < 1.29 is 9.59 Å². The smallest absolute Gasteiger partial charge is 0.322 e. The van der Waals surface area contributed by atoms with Crippen LogP contribution in [0.3, 0.4) is 0 Å². The van der Waals surface area contributed by atoms with E-state index in [1.54, 1.807) is 47.4 Å². The summed E-state index contributed by atoms with van der Waals surface area (Å²) in [5.74, 6) is -0.591. The molecule has 0 bridgehead atoms. The summed E-state index contributed by atoms with van der Waals surface area (Å²) < 4.78 is 1.88. The highest BCUT2D eigenvalue weighted by Gasteiger charge is 2.52. The number of nitrogens with zero attached hydrogens (tertiary/aromatic N) is 4. The number of carbonyl (C=O) groups excluding carboxylic acids is 2. The van der Waals surface area contributed by atoms with E-state index in [0.29, 0.717) is 45.3 Å². The number of primary amides is 1. The van der Waals surface area contributed by atoms with E-state index in [4.69, 9.17) is 27.7 Å². The summed E-state index contributed by atoms with van der Waals surface area (Å²) >= 11 is 6.15. The number of nitriles is 1. The van der Waals surface area contributed by atoms with Crippen molar-refractivity contribution >= 4 is 29.2 Å². The molecule has 0 radical (unpaired) electrons. The highest BCUT2D eigenvalue weighted by molar-refractivity contribution is 6.30. The summed E-state index contributed by atoms with van der Waals surface area (Å²) in [6, 6.07) is 15.6. The lowest BCUT2D eigenvalue weighted by atomic mass is 10.0. The number of hydrogen-bond acceptors (Lipinski definition) is 4. The maximum absolute atomic E-state index is 13.0. The third-order valence-corrected chi connectivity index (χ3v) is 6.22. The Balaban J connectivity index is 1.50. The van der Waals surface area contributed by atoms with Crippen molar-refractivity contribution in [2.45, 2.75) is 24.9 Å². The minimum atomic E-state index is -0.591. The molecule has 9 heteroatoms. The highest BCUT2D eigenvalue weighted by Crippen LogP contribution is 2.49. The first-order valence-corrected chi connectivity index (χ1v) is 10.5. The van der Waals surface area contributed by atoms with Gasteiger partial charge >= 0.3 is 6.03 Å². The molecule has 1 aromatic heterocycles. The number of hydrogen-bond donors (Lipinski definition) is 2. The van der Waals surface area contributed by atoms with Crippen LogP contribution in [0.5, 0.6) is 0 Å². The molecule has 8 nitrogen and oxygen atoms in total. The van der Waals surface area contributed by atoms with E-state index < -0.39 is 5.91 Å². The molecule has 1 fully saturated rings. The molecule has 160 valence electrons. The summed E-state index contributed by atoms with van der Waals surface area (Å²) in [6.45, 7) is 0.687. The number of benzene rings is 2. The molecule has 2 heterocycles. The zero-order chi connectivity index (χ0) is 22.5. The van der Waals surface area contributed by atoms with Crippen LogP contribution >= 0.6 is 11.6 Å². The first kappa shape index (κ1) is 20.1. The van der Waals surface area contributed by atoms with Crippen molar-refractivity contribution in [3.8, 4) is 17.3 Å². The Morgan fingerprint density at radius 1 is 1.19 bits per heavy atom. The largest absolute Gasteiger partial charge is 0.365 e. The van der Waals surface area contributed by atoms with Crippen LogP contribution in [0.4, 0.5) is 10.5 Å². The average molecular weight is 447 g/mol. The number of amides is 3. The summed E-state index contributed by atoms with van der Waals surface area (Å²) in [5.41, 5.74) is 8.67. The van der Waals surface area contributed by atoms with Crippen LogP contribution in [0.15, 0.2) is 48.5 Å². The number of nitrogens with one attached hydrogen (secondary N) is 1. The molecule has 1 saturated carbocycles. The van der Waals surface area contributed by atoms with E-state index >= 15 is 0 Å². The number of urea groups is 1. The molecule has 32 heavy (non-hydrogen) atoms. The molecule has 3 aromatic rings. The Hall–Kier alpha value is -3.83. The van der Waals surface area contributed by atoms with Crippen molar-refractivity contribution in [2.75, 3.05) is 11.9 Å². The summed E-state index contributed by atoms with van der Waals surface area (Å²) in [5, 5.41) is 17.1. The monoisotopic (exact) mass is 446 g/mol. The molecule has 3 amide bonds. The van der Waals surface area contributed by atoms with Gasteiger partial charge in [0.2, 0.25) is 0 Å². The first-order chi connectivity index (χ1) is 15.4. The molecule has 2 aliphatic rings. The Morgan fingerprint density at radius 3 is 2.56 bits per heavy atom. The zero-order valence-corrected chi connectivity index (χ0v) is 17.8. The van der Waals surface area contributed by atoms with E-state index in [1.165, 1.54) is 0 Å². The standard InChI is InChI=1S/C23H19ClN6O2/c24-16-3-1-2-15(10-16)20-19(21(26)31)18-12-29(13-23(8-9-23)30(18)28-20)22(32)27-17-6-4-14(11-25)5-7-17/h1-7,10H,8-9,12-13H2,(H2,26,31)(H,27,32). The summed E-state index contributed by atoms with van der Waals surface area (Å²) in [7, 11) is 0. The number of carbonyl (C=O) groups is 2. The van der Waals surface area contributed by atoms with Gasteiger partial charge in [-0.15, -0.1) is 0 Å². The van der Waals surface area contributed by atoms with Crippen LogP contribution in [0.2, 0.25) is 5.02 Å². The van der Waals surface area contributed by atoms with Gasteiger partial charge in [-0.2, -0.15) is 10.4 Å². The third kappa shape index (κ3) is 3.37. The molecular formula is C23H19ClN6O2. The van der Waals surface area contributed by atoms with Crippen molar-refractivity contribution in [3.63, 3.8) is 0 Å². The molecular weight excluding hydrogens is 428 g/mol. The van der Waals surface area contributed by atoms with Crippen molar-refractivity contribution in [3.05, 3.63) is 70.4 Å². The van der Waals surface area contributed by atoms with Crippen molar-refractivity contribution in [1.82, 2.24) is 14.7 Å². The molecule has 0 unspecified atom stereocenters. The molecule has 2 aromatic carbocycles. The number of nitrogens with two attached hydrogens (primary N) is 1. The fourth-order valence-corrected chi connectivity index (χ4v) is 4.43. The molecule has 0 saturated heterocycles. The van der Waals surface area contributed by atoms with Crippen LogP contribution < -0.4 is 11.1 Å². The SMILES string of the molecule is N#Cc1ccc(NC(=O)N2Cc3c(C(N)=O)c(-c4cccc(Cl)c4)nn3C3(CC3)C2)cc1. The molecule has 5 rings (SSSR count). The van der Waals surface area contributed by atoms with Gasteiger partial charge in [0.15, 0.2) is 0 Å². The maximum atomic E-state index is 13.0. The second-order valence-electron chi connectivity index (χ2n) is 8.16. The van der Waals surface area contributed by atoms with E-state index in [9.17, 15) is 9.59 Å². The van der Waals surface area contributed by atoms with E-state index in [-0.39, 0.29) is 18.1 Å². The second kappa shape index (κ2) is 7.39. The van der Waals surface area contributed by atoms with Gasteiger partial charge < -0.3 is 16.0 Å². The summed E-state index contributed by atoms with van der Waals surface area (Å²) in [6.07, 6.45) is 1.71. The maximum Gasteiger partial charge on any atom is 0.322 e. The van der Waals surface area contributed by atoms with E-state index in [1.807, 2.05) is 10.7 Å². The predicted octanol–water partition coefficient (Wildman–Crippen LogP) is 3.71. The normalized spacial score (nSPS) is 15.7. The quantitative estimate of drug-likeness (QED) is 0.637. The zero-order valence-electron chi connectivity index (χ0n) is 17.0. The number of rotatable bonds is 3. The van der Waals surface area contributed by atoms with Crippen molar-refractivity contribution in [1.29, 1.82) is 5.26 Å². The Morgan fingerprint density at radius 2 is 1.94 bits per heavy atom. The minimum absolute atomic E-state index is 0.204. The lowest BCUT2D eigenvalue weighted by molar-refractivity contribution is 0.0996. The summed E-state index contributed by atoms with van der Waals surface area (Å²) in [4.78, 5) is 27.2. The van der Waals surface area contributed by atoms with Crippen molar-refractivity contribution in [2.24, 2.45) is 5.73 Å². The molecule has 1 spiro atoms. The number of halogens is 1. The second-order valence-corrected chi connectivity index (χ2v) is 8.59. The Bertz CT molecular complexity index is 1290. The molecule has 1 aliphatic heterocycles. The molecule has 0 atom stereocenters. The van der Waals surface area contributed by atoms with Gasteiger partial charge in [0.1, 0.15) is 5.69 Å². The minimum Gasteiger partial charge on any atom is -0.365 e. The first-order valence-electron chi connectivity index (χ1n) is 10.1. The van der Waals surface area contributed by atoms with Crippen LogP contribution in [0.1, 0.15) is 34.5 Å². The fourth-order valence-electron chi connectivity index (χ4n) is 4.24. The number of anilines is 1. The van der Waals surface area contributed by atoms with Crippen LogP contribution in [0, 0.1) is 11.3 Å². The van der Waals surface area contributed by atoms with Gasteiger partial charge in [-0.3, -0.25) is 9.48 Å². The van der Waals surface area contributed by atoms with Crippen LogP contribution in [0.25, 0.3) is 11.3 Å². The van der Waals surface area contributed by atoms with Gasteiger partial charge in [-0.25, -0.2) is 4.79 Å². The van der Waals surface area contributed by atoms with Gasteiger partial charge in [-0.05, 0) is 49.2 Å². The van der Waals surface area contributed by atoms with Gasteiger partial charge in [0.25, 0.3) is 5.91 Å². The van der Waals surface area contributed by atoms with Gasteiger partial charge in [-0.1, -0.05) is 23.7 Å². The lowest BCUT2D eigenvalue weighted by Gasteiger charge is -2.34. The molecule has 3 N–H and O–H groups in total. The lowest BCUT2D eigenvalue weighted by Crippen LogP contribution is -2.47. The Kier molecular flexibility index (Phi) is 4.64. The predicted molar refractivity (Wildman–Crippen MR) is 119 cm³/mol. The average Bonchev–Trinajstić information content (AvgIpc) is 3.42. The van der Waals surface area contributed by atoms with E-state index in [0.717, 1.165) is 12.8 Å². The van der Waals surface area contributed by atoms with E-state index in [2.05, 4.69) is 11.4 Å². The third-order valence-electron chi connectivity index (χ3n) is 5.98. The van der Waals surface area contributed by atoms with Crippen LogP contribution in [-0.2, 0) is 12.1 Å². The molecule has 1 aliphatic carbocycles. The number of aromatic nitrogens is 2. The highest BCUT2D eigenvalue weighted by atomic mass is 35.5. The van der Waals surface area contributed by atoms with Crippen LogP contribution in [-0.4, -0.2) is 33.2 Å². The Labute approximate surface area is 189 Å². The number of fused-ring (bicyclic) bond motifs is 2. The topological polar surface area (TPSA) is 117 Å².